The van der Waals surface area contributed by atoms with Gasteiger partial charge in [-0.2, -0.15) is 0 Å². The molecule has 6 heteroatoms. The molecule has 2 aliphatic carbocycles. The molecule has 2 bridgehead atoms. The molecule has 6 nitrogen and oxygen atoms in total. The number of nitrogens with zero attached hydrogens (tertiary/aromatic N) is 2. The Bertz CT molecular complexity index is 877. The number of amides is 2. The fourth-order valence-corrected chi connectivity index (χ4v) is 5.49. The molecule has 1 aromatic rings. The Labute approximate surface area is 171 Å². The maximum atomic E-state index is 12.6. The molecule has 0 aromatic heterocycles. The Morgan fingerprint density at radius 1 is 1.21 bits per heavy atom. The van der Waals surface area contributed by atoms with E-state index in [1.807, 2.05) is 12.1 Å². The third-order valence-corrected chi connectivity index (χ3v) is 7.73. The van der Waals surface area contributed by atoms with Gasteiger partial charge in [0.05, 0.1) is 5.56 Å². The molecule has 0 radical (unpaired) electrons. The first kappa shape index (κ1) is 18.8. The number of likely N-dealkylation sites (tertiary alicyclic amines) is 1. The summed E-state index contributed by atoms with van der Waals surface area (Å²) in [5.41, 5.74) is 2.96. The molecule has 29 heavy (non-hydrogen) atoms. The summed E-state index contributed by atoms with van der Waals surface area (Å²) in [6.45, 7) is 6.99. The first-order chi connectivity index (χ1) is 13.9. The highest BCUT2D eigenvalue weighted by Gasteiger charge is 2.49. The zero-order valence-corrected chi connectivity index (χ0v) is 17.1. The quantitative estimate of drug-likeness (QED) is 0.732. The van der Waals surface area contributed by atoms with Crippen LogP contribution >= 0.6 is 0 Å². The van der Waals surface area contributed by atoms with E-state index in [9.17, 15) is 14.4 Å². The highest BCUT2D eigenvalue weighted by Crippen LogP contribution is 2.49. The Hall–Kier alpha value is -2.21. The minimum Gasteiger partial charge on any atom is -0.325 e. The molecule has 1 saturated carbocycles. The maximum Gasteiger partial charge on any atom is 0.363 e. The van der Waals surface area contributed by atoms with Gasteiger partial charge in [0.2, 0.25) is 0 Å². The van der Waals surface area contributed by atoms with E-state index in [0.29, 0.717) is 22.6 Å². The molecule has 0 spiro atoms. The molecule has 2 amide bonds. The summed E-state index contributed by atoms with van der Waals surface area (Å²) in [5.74, 6) is -0.141. The number of fused-ring (bicyclic) bond motifs is 4. The Morgan fingerprint density at radius 3 is 2.62 bits per heavy atom. The monoisotopic (exact) mass is 396 g/mol. The summed E-state index contributed by atoms with van der Waals surface area (Å²) in [4.78, 5) is 44.0. The van der Waals surface area contributed by atoms with E-state index in [2.05, 4.69) is 18.7 Å². The van der Waals surface area contributed by atoms with E-state index in [-0.39, 0.29) is 18.3 Å². The van der Waals surface area contributed by atoms with E-state index < -0.39 is 17.8 Å². The molecule has 2 heterocycles. The van der Waals surface area contributed by atoms with Crippen LogP contribution in [-0.2, 0) is 26.3 Å². The predicted molar refractivity (Wildman–Crippen MR) is 106 cm³/mol. The van der Waals surface area contributed by atoms with Crippen LogP contribution in [0, 0.1) is 11.8 Å². The van der Waals surface area contributed by atoms with Crippen LogP contribution in [0.3, 0.4) is 0 Å². The van der Waals surface area contributed by atoms with Gasteiger partial charge >= 0.3 is 5.97 Å². The van der Waals surface area contributed by atoms with Crippen molar-refractivity contribution in [3.63, 3.8) is 0 Å². The molecule has 3 atom stereocenters. The summed E-state index contributed by atoms with van der Waals surface area (Å²) in [6.07, 6.45) is 5.04. The van der Waals surface area contributed by atoms with Crippen molar-refractivity contribution in [1.29, 1.82) is 0 Å². The molecule has 154 valence electrons. The summed E-state index contributed by atoms with van der Waals surface area (Å²) in [7, 11) is 0. The van der Waals surface area contributed by atoms with Gasteiger partial charge in [-0.1, -0.05) is 19.9 Å². The molecule has 0 N–H and O–H groups in total. The van der Waals surface area contributed by atoms with Gasteiger partial charge in [-0.15, -0.1) is 5.06 Å². The van der Waals surface area contributed by atoms with Gasteiger partial charge in [0, 0.05) is 25.4 Å². The number of carbonyl (C=O) groups is 3. The molecule has 1 aromatic carbocycles. The zero-order valence-electron chi connectivity index (χ0n) is 17.1. The number of benzene rings is 1. The van der Waals surface area contributed by atoms with Crippen molar-refractivity contribution in [1.82, 2.24) is 9.96 Å². The molecule has 1 unspecified atom stereocenters. The van der Waals surface area contributed by atoms with Crippen molar-refractivity contribution >= 4 is 17.8 Å². The Balaban J connectivity index is 1.40. The van der Waals surface area contributed by atoms with Crippen molar-refractivity contribution in [2.24, 2.45) is 11.8 Å². The largest absolute Gasteiger partial charge is 0.363 e. The van der Waals surface area contributed by atoms with Crippen LogP contribution in [0.15, 0.2) is 18.2 Å². The second-order valence-electron chi connectivity index (χ2n) is 9.50. The van der Waals surface area contributed by atoms with Gasteiger partial charge in [0.25, 0.3) is 11.8 Å². The van der Waals surface area contributed by atoms with Crippen LogP contribution in [-0.4, -0.2) is 46.9 Å². The minimum atomic E-state index is -0.638. The number of rotatable bonds is 4. The fourth-order valence-electron chi connectivity index (χ4n) is 5.49. The summed E-state index contributed by atoms with van der Waals surface area (Å²) < 4.78 is 0. The van der Waals surface area contributed by atoms with Crippen molar-refractivity contribution < 1.29 is 19.2 Å². The SMILES string of the molecule is C[C@H]1C2Cc3ccc(C(=O)ON4C(=O)CCC4=O)cc3[C@@]1(C)CCN2CC1CC1. The molecule has 3 fully saturated rings. The van der Waals surface area contributed by atoms with Crippen LogP contribution in [0.5, 0.6) is 0 Å². The third kappa shape index (κ3) is 3.08. The zero-order chi connectivity index (χ0) is 20.3. The highest BCUT2D eigenvalue weighted by molar-refractivity contribution is 6.02. The van der Waals surface area contributed by atoms with Crippen LogP contribution in [0.1, 0.15) is 67.4 Å². The van der Waals surface area contributed by atoms with E-state index in [4.69, 9.17) is 4.84 Å². The highest BCUT2D eigenvalue weighted by atomic mass is 16.7. The number of imide groups is 1. The van der Waals surface area contributed by atoms with Crippen LogP contribution in [0.4, 0.5) is 0 Å². The van der Waals surface area contributed by atoms with E-state index in [1.54, 1.807) is 6.07 Å². The average Bonchev–Trinajstić information content (AvgIpc) is 3.47. The van der Waals surface area contributed by atoms with E-state index in [1.165, 1.54) is 30.5 Å². The second kappa shape index (κ2) is 6.66. The summed E-state index contributed by atoms with van der Waals surface area (Å²) in [6, 6.07) is 6.30. The number of carbonyl (C=O) groups excluding carboxylic acids is 3. The lowest BCUT2D eigenvalue weighted by atomic mass is 9.59. The van der Waals surface area contributed by atoms with Crippen LogP contribution < -0.4 is 0 Å². The number of piperidine rings is 1. The van der Waals surface area contributed by atoms with Gasteiger partial charge < -0.3 is 4.84 Å². The lowest BCUT2D eigenvalue weighted by Gasteiger charge is -2.55. The van der Waals surface area contributed by atoms with Gasteiger partial charge in [0.15, 0.2) is 0 Å². The number of hydroxylamine groups is 2. The lowest BCUT2D eigenvalue weighted by molar-refractivity contribution is -0.172. The minimum absolute atomic E-state index is 0.0217. The topological polar surface area (TPSA) is 66.9 Å². The lowest BCUT2D eigenvalue weighted by Crippen LogP contribution is -2.58. The summed E-state index contributed by atoms with van der Waals surface area (Å²) >= 11 is 0. The fraction of sp³-hybridized carbons (Fsp3) is 0.609. The first-order valence-electron chi connectivity index (χ1n) is 10.8. The molecule has 2 aliphatic heterocycles. The Morgan fingerprint density at radius 2 is 1.93 bits per heavy atom. The normalized spacial score (nSPS) is 31.7. The van der Waals surface area contributed by atoms with Crippen molar-refractivity contribution in [3.8, 4) is 0 Å². The molecular formula is C23H28N2O4. The average molecular weight is 396 g/mol. The van der Waals surface area contributed by atoms with Crippen molar-refractivity contribution in [2.75, 3.05) is 13.1 Å². The Kier molecular flexibility index (Phi) is 4.32. The van der Waals surface area contributed by atoms with Crippen molar-refractivity contribution in [3.05, 3.63) is 34.9 Å². The number of hydrogen-bond donors (Lipinski definition) is 0. The van der Waals surface area contributed by atoms with Gasteiger partial charge in [0.1, 0.15) is 0 Å². The smallest absolute Gasteiger partial charge is 0.325 e. The van der Waals surface area contributed by atoms with E-state index in [0.717, 1.165) is 25.3 Å². The second-order valence-corrected chi connectivity index (χ2v) is 9.50. The molecule has 2 saturated heterocycles. The molecular weight excluding hydrogens is 368 g/mol. The van der Waals surface area contributed by atoms with Crippen LogP contribution in [0.25, 0.3) is 0 Å². The molecule has 4 aliphatic rings. The third-order valence-electron chi connectivity index (χ3n) is 7.73. The standard InChI is InChI=1S/C23H28N2O4/c1-14-19-12-16-5-6-17(22(28)29-25-20(26)7-8-21(25)27)11-18(16)23(14,2)9-10-24(19)13-15-3-4-15/h5-6,11,14-15,19H,3-4,7-10,12-13H2,1-2H3/t14-,19?,23-/m0/s1. The predicted octanol–water partition coefficient (Wildman–Crippen LogP) is 2.84. The number of hydrogen-bond acceptors (Lipinski definition) is 5. The summed E-state index contributed by atoms with van der Waals surface area (Å²) in [5, 5.41) is 0.624. The van der Waals surface area contributed by atoms with Crippen molar-refractivity contribution in [2.45, 2.75) is 63.8 Å². The maximum absolute atomic E-state index is 12.6. The van der Waals surface area contributed by atoms with Gasteiger partial charge in [-0.3, -0.25) is 14.5 Å². The van der Waals surface area contributed by atoms with Gasteiger partial charge in [-0.05, 0) is 72.7 Å². The van der Waals surface area contributed by atoms with E-state index >= 15 is 0 Å². The van der Waals surface area contributed by atoms with Crippen LogP contribution in [0.2, 0.25) is 0 Å². The van der Waals surface area contributed by atoms with Gasteiger partial charge in [-0.25, -0.2) is 4.79 Å². The molecule has 5 rings (SSSR count). The first-order valence-corrected chi connectivity index (χ1v) is 10.8.